The van der Waals surface area contributed by atoms with E-state index >= 15 is 0 Å². The molecule has 23 heteroatoms. The van der Waals surface area contributed by atoms with Gasteiger partial charge >= 0.3 is 0 Å². The summed E-state index contributed by atoms with van der Waals surface area (Å²) in [5.41, 5.74) is 16.5. The van der Waals surface area contributed by atoms with Gasteiger partial charge in [-0.05, 0) is 77.4 Å². The molecule has 0 aliphatic heterocycles. The van der Waals surface area contributed by atoms with Crippen LogP contribution < -0.4 is 51.8 Å². The lowest BCUT2D eigenvalue weighted by atomic mass is 10.1. The molecule has 0 fully saturated rings. The minimum absolute atomic E-state index is 0.0864. The molecule has 1 heterocycles. The van der Waals surface area contributed by atoms with E-state index in [1.54, 1.807) is 69.7 Å². The van der Waals surface area contributed by atoms with Crippen LogP contribution in [0, 0.1) is 0 Å². The van der Waals surface area contributed by atoms with E-state index in [-0.39, 0.29) is 28.3 Å². The molecule has 0 spiro atoms. The molecule has 0 atom stereocenters. The fraction of sp³-hybridized carbons (Fsp3) is 0.312. The highest BCUT2D eigenvalue weighted by Crippen LogP contribution is 2.41. The van der Waals surface area contributed by atoms with Gasteiger partial charge in [0, 0.05) is 71.0 Å². The lowest BCUT2D eigenvalue weighted by Crippen LogP contribution is -2.30. The number of ether oxygens (including phenoxy) is 2. The number of methoxy groups -OCH3 is 2. The van der Waals surface area contributed by atoms with E-state index in [2.05, 4.69) is 54.5 Å². The van der Waals surface area contributed by atoms with Crippen molar-refractivity contribution < 1.29 is 40.5 Å². The summed E-state index contributed by atoms with van der Waals surface area (Å²) in [7, 11) is -5.52. The zero-order valence-corrected chi connectivity index (χ0v) is 43.3. The molecule has 0 saturated carbocycles. The van der Waals surface area contributed by atoms with Crippen LogP contribution in [0.4, 0.5) is 57.4 Å². The maximum atomic E-state index is 12.2. The Morgan fingerprint density at radius 3 is 1.75 bits per heavy atom. The lowest BCUT2D eigenvalue weighted by Gasteiger charge is -2.25. The molecule has 0 aliphatic rings. The quantitative estimate of drug-likeness (QED) is 0.0165. The van der Waals surface area contributed by atoms with Crippen molar-refractivity contribution in [3.8, 4) is 11.5 Å². The van der Waals surface area contributed by atoms with Gasteiger partial charge < -0.3 is 46.5 Å². The second-order valence-corrected chi connectivity index (χ2v) is 19.1. The second-order valence-electron chi connectivity index (χ2n) is 15.2. The molecular weight excluding hydrogens is 971 g/mol. The van der Waals surface area contributed by atoms with Crippen molar-refractivity contribution >= 4 is 112 Å². The summed E-state index contributed by atoms with van der Waals surface area (Å²) in [6, 6.07) is 19.6. The molecule has 0 radical (unpaired) electrons. The average molecular weight is 1030 g/mol. The predicted octanol–water partition coefficient (Wildman–Crippen LogP) is 8.06. The summed E-state index contributed by atoms with van der Waals surface area (Å²) in [4.78, 5) is 17.9. The van der Waals surface area contributed by atoms with Gasteiger partial charge in [-0.2, -0.15) is 31.8 Å². The Labute approximate surface area is 418 Å². The molecule has 0 saturated heterocycles. The van der Waals surface area contributed by atoms with Crippen LogP contribution >= 0.6 is 11.8 Å². The van der Waals surface area contributed by atoms with Crippen molar-refractivity contribution in [2.45, 2.75) is 62.9 Å². The highest BCUT2D eigenvalue weighted by atomic mass is 32.2. The van der Waals surface area contributed by atoms with Gasteiger partial charge in [-0.25, -0.2) is 0 Å². The number of aliphatic hydroxyl groups excluding tert-OH is 1. The number of nitrogens with two attached hydrogens (primary N) is 2. The van der Waals surface area contributed by atoms with E-state index in [0.29, 0.717) is 97.3 Å². The molecule has 20 nitrogen and oxygen atoms in total. The summed E-state index contributed by atoms with van der Waals surface area (Å²) in [6.07, 6.45) is 3.96. The number of hydrogen-bond acceptors (Lipinski definition) is 19. The van der Waals surface area contributed by atoms with Crippen LogP contribution in [-0.2, 0) is 20.2 Å². The Bertz CT molecular complexity index is 3230. The number of aliphatic hydroxyl groups is 1. The number of nitrogens with zero attached hydrogens (tertiary/aromatic N) is 7. The fourth-order valence-electron chi connectivity index (χ4n) is 7.56. The number of rotatable bonds is 20. The van der Waals surface area contributed by atoms with E-state index in [9.17, 15) is 26.5 Å². The number of hydrogen-bond donors (Lipinski definition) is 7. The number of benzene rings is 5. The van der Waals surface area contributed by atoms with Crippen molar-refractivity contribution in [2.24, 2.45) is 10.2 Å². The molecule has 5 aromatic carbocycles. The maximum Gasteiger partial charge on any atom is 0.295 e. The van der Waals surface area contributed by atoms with Crippen molar-refractivity contribution in [3.63, 3.8) is 0 Å². The molecule has 0 aliphatic carbocycles. The van der Waals surface area contributed by atoms with Gasteiger partial charge in [0.25, 0.3) is 20.2 Å². The van der Waals surface area contributed by atoms with Crippen LogP contribution in [0.3, 0.4) is 0 Å². The highest BCUT2D eigenvalue weighted by Gasteiger charge is 2.20. The van der Waals surface area contributed by atoms with Gasteiger partial charge in [-0.15, -0.1) is 10.2 Å². The maximum absolute atomic E-state index is 12.2. The minimum atomic E-state index is -4.50. The Morgan fingerprint density at radius 1 is 0.676 bits per heavy atom. The molecule has 0 bridgehead atoms. The van der Waals surface area contributed by atoms with Crippen LogP contribution in [0.1, 0.15) is 48.0 Å². The molecule has 71 heavy (non-hydrogen) atoms. The first kappa shape index (κ1) is 55.2. The number of anilines is 8. The Balaban J connectivity index is 0.000000527. The van der Waals surface area contributed by atoms with Crippen LogP contribution in [0.5, 0.6) is 11.5 Å². The highest BCUT2D eigenvalue weighted by molar-refractivity contribution is 7.99. The van der Waals surface area contributed by atoms with Gasteiger partial charge in [-0.3, -0.25) is 9.11 Å². The van der Waals surface area contributed by atoms with E-state index in [1.807, 2.05) is 32.9 Å². The van der Waals surface area contributed by atoms with Crippen molar-refractivity contribution in [3.05, 3.63) is 83.2 Å². The number of fused-ring (bicyclic) bond motifs is 1. The van der Waals surface area contributed by atoms with Gasteiger partial charge in [0.2, 0.25) is 11.9 Å². The number of aromatic nitrogens is 3. The van der Waals surface area contributed by atoms with Gasteiger partial charge in [0.05, 0.1) is 55.0 Å². The first-order chi connectivity index (χ1) is 33.9. The van der Waals surface area contributed by atoms with Crippen LogP contribution in [0.25, 0.3) is 22.9 Å². The van der Waals surface area contributed by atoms with Crippen molar-refractivity contribution in [1.29, 1.82) is 0 Å². The first-order valence-corrected chi connectivity index (χ1v) is 26.4. The van der Waals surface area contributed by atoms with E-state index in [4.69, 9.17) is 30.5 Å². The molecule has 9 N–H and O–H groups in total. The van der Waals surface area contributed by atoms with E-state index < -0.39 is 20.2 Å². The summed E-state index contributed by atoms with van der Waals surface area (Å²) in [6.45, 7) is 14.6. The SMILES string of the molecule is C/C=c1/c(N=Nc2cc(OC)c(N(CC)CC)cc2Nc2nc(Nc3cc(N(CC)CC)c(OC)cc3N)nc(SCCO)n2)ccc(S(=O)(=O)O)/c1=C/CC.Nc1ccc(S(=O)(=O)O)c2ccccc12. The Hall–Kier alpha value is -6.76. The third-order valence-corrected chi connectivity index (χ3v) is 13.6. The standard InChI is InChI=1S/C38H52N10O6S2.C10H9NO3S/c1-9-15-25-24(10-2)27(16-17-35(25)56(50,51)52)45-46-30-23-34(54-8)32(48(13-5)14-6)22-29(30)41-37-42-36(43-38(44-37)55-19-18-49)40-28-21-31(47(11-3)12-4)33(53-7)20-26(28)39;11-9-5-6-10(15(12,13)14)8-4-2-1-3-7(8)9/h10,15-17,20-23,49H,9,11-14,18-19,39H2,1-8H3,(H,50,51,52)(H2,40,41,42,43,44);1-6H,11H2,(H,12,13,14)/b24-10+,25-15+,46-45?;. The third kappa shape index (κ3) is 13.6. The molecule has 6 rings (SSSR count). The van der Waals surface area contributed by atoms with Gasteiger partial charge in [-0.1, -0.05) is 55.1 Å². The average Bonchev–Trinajstić information content (AvgIpc) is 3.34. The molecule has 0 unspecified atom stereocenters. The van der Waals surface area contributed by atoms with Crippen LogP contribution in [0.2, 0.25) is 0 Å². The number of nitrogen functional groups attached to an aromatic ring is 2. The summed E-state index contributed by atoms with van der Waals surface area (Å²) in [5, 5.41) is 27.6. The number of azo groups is 1. The zero-order chi connectivity index (χ0) is 52.0. The fourth-order valence-corrected chi connectivity index (χ4v) is 9.54. The van der Waals surface area contributed by atoms with Crippen molar-refractivity contribution in [2.75, 3.05) is 84.7 Å². The third-order valence-electron chi connectivity index (χ3n) is 10.9. The molecule has 0 amide bonds. The number of nitrogens with one attached hydrogen (secondary N) is 2. The lowest BCUT2D eigenvalue weighted by molar-refractivity contribution is 0.322. The molecular formula is C48H61N11O9S3. The van der Waals surface area contributed by atoms with Gasteiger partial charge in [0.1, 0.15) is 27.0 Å². The molecule has 1 aromatic heterocycles. The Kier molecular flexibility index (Phi) is 19.3. The largest absolute Gasteiger partial charge is 0.495 e. The topological polar surface area (TPSA) is 293 Å². The normalized spacial score (nSPS) is 12.2. The van der Waals surface area contributed by atoms with Gasteiger partial charge in [0.15, 0.2) is 5.16 Å². The first-order valence-electron chi connectivity index (χ1n) is 22.6. The second kappa shape index (κ2) is 24.9. The Morgan fingerprint density at radius 2 is 1.21 bits per heavy atom. The van der Waals surface area contributed by atoms with E-state index in [1.165, 1.54) is 36.0 Å². The summed E-state index contributed by atoms with van der Waals surface area (Å²) < 4.78 is 77.0. The van der Waals surface area contributed by atoms with Crippen LogP contribution in [-0.4, -0.2) is 98.8 Å². The van der Waals surface area contributed by atoms with E-state index in [0.717, 1.165) is 24.5 Å². The summed E-state index contributed by atoms with van der Waals surface area (Å²) >= 11 is 1.25. The molecule has 6 aromatic rings. The zero-order valence-electron chi connectivity index (χ0n) is 40.8. The summed E-state index contributed by atoms with van der Waals surface area (Å²) in [5.74, 6) is 1.91. The van der Waals surface area contributed by atoms with Crippen molar-refractivity contribution in [1.82, 2.24) is 15.0 Å². The molecule has 380 valence electrons. The monoisotopic (exact) mass is 1030 g/mol. The minimum Gasteiger partial charge on any atom is -0.495 e. The predicted molar refractivity (Wildman–Crippen MR) is 284 cm³/mol. The smallest absolute Gasteiger partial charge is 0.295 e. The number of thioether (sulfide) groups is 1. The van der Waals surface area contributed by atoms with Crippen LogP contribution in [0.15, 0.2) is 98.0 Å².